The molecule has 0 unspecified atom stereocenters. The first kappa shape index (κ1) is 15.4. The van der Waals surface area contributed by atoms with Crippen molar-refractivity contribution in [1.82, 2.24) is 9.80 Å². The molecule has 0 aromatic rings. The smallest absolute Gasteiger partial charge is 0.308 e. The van der Waals surface area contributed by atoms with Crippen LogP contribution < -0.4 is 0 Å². The number of aliphatic carboxylic acids is 1. The summed E-state index contributed by atoms with van der Waals surface area (Å²) in [5.41, 5.74) is 0.997. The van der Waals surface area contributed by atoms with E-state index < -0.39 is 11.9 Å². The van der Waals surface area contributed by atoms with E-state index in [-0.39, 0.29) is 11.8 Å². The van der Waals surface area contributed by atoms with E-state index in [0.717, 1.165) is 36.8 Å². The fourth-order valence-electron chi connectivity index (χ4n) is 3.40. The molecular formula is C15H21N3O3S. The summed E-state index contributed by atoms with van der Waals surface area (Å²) in [6.07, 6.45) is 2.16. The minimum atomic E-state index is -0.779. The molecule has 120 valence electrons. The third-order valence-electron chi connectivity index (χ3n) is 4.55. The second kappa shape index (κ2) is 6.32. The summed E-state index contributed by atoms with van der Waals surface area (Å²) in [4.78, 5) is 32.1. The SMILES string of the molecule is CCC[C@@H]1CN(C(=O)CC2=CSC3=NCCN23)C[C@H]1C(=O)O. The molecule has 1 saturated heterocycles. The molecule has 0 aliphatic carbocycles. The molecule has 0 aromatic heterocycles. The minimum absolute atomic E-state index is 0.0323. The Morgan fingerprint density at radius 3 is 3.00 bits per heavy atom. The zero-order chi connectivity index (χ0) is 15.7. The van der Waals surface area contributed by atoms with E-state index in [0.29, 0.717) is 19.5 Å². The van der Waals surface area contributed by atoms with Crippen molar-refractivity contribution in [3.63, 3.8) is 0 Å². The van der Waals surface area contributed by atoms with Gasteiger partial charge in [0.15, 0.2) is 5.17 Å². The van der Waals surface area contributed by atoms with Gasteiger partial charge in [-0.05, 0) is 17.7 Å². The van der Waals surface area contributed by atoms with E-state index in [1.165, 1.54) is 0 Å². The number of likely N-dealkylation sites (tertiary alicyclic amines) is 1. The molecule has 0 spiro atoms. The number of amides is 1. The molecule has 0 bridgehead atoms. The second-order valence-electron chi connectivity index (χ2n) is 6.01. The third kappa shape index (κ3) is 2.86. The zero-order valence-electron chi connectivity index (χ0n) is 12.7. The lowest BCUT2D eigenvalue weighted by Crippen LogP contribution is -2.32. The van der Waals surface area contributed by atoms with Crippen LogP contribution >= 0.6 is 11.8 Å². The molecule has 1 N–H and O–H groups in total. The number of carboxylic acid groups (broad SMARTS) is 1. The van der Waals surface area contributed by atoms with Crippen molar-refractivity contribution in [3.05, 3.63) is 11.1 Å². The van der Waals surface area contributed by atoms with Gasteiger partial charge in [-0.1, -0.05) is 25.1 Å². The molecule has 7 heteroatoms. The molecule has 22 heavy (non-hydrogen) atoms. The normalized spacial score (nSPS) is 27.0. The molecule has 1 amide bonds. The van der Waals surface area contributed by atoms with E-state index in [2.05, 4.69) is 16.8 Å². The Labute approximate surface area is 134 Å². The third-order valence-corrected chi connectivity index (χ3v) is 5.50. The van der Waals surface area contributed by atoms with E-state index in [9.17, 15) is 14.7 Å². The molecule has 0 saturated carbocycles. The zero-order valence-corrected chi connectivity index (χ0v) is 13.5. The maximum absolute atomic E-state index is 12.5. The van der Waals surface area contributed by atoms with Crippen LogP contribution in [0.4, 0.5) is 0 Å². The molecule has 0 aromatic carbocycles. The molecule has 0 radical (unpaired) electrons. The van der Waals surface area contributed by atoms with Gasteiger partial charge < -0.3 is 14.9 Å². The highest BCUT2D eigenvalue weighted by molar-refractivity contribution is 8.16. The summed E-state index contributed by atoms with van der Waals surface area (Å²) in [7, 11) is 0. The van der Waals surface area contributed by atoms with Gasteiger partial charge in [-0.2, -0.15) is 0 Å². The molecule has 3 heterocycles. The largest absolute Gasteiger partial charge is 0.481 e. The van der Waals surface area contributed by atoms with Crippen LogP contribution in [0.25, 0.3) is 0 Å². The van der Waals surface area contributed by atoms with E-state index in [1.807, 2.05) is 5.41 Å². The van der Waals surface area contributed by atoms with Gasteiger partial charge in [-0.15, -0.1) is 0 Å². The van der Waals surface area contributed by atoms with Crippen LogP contribution in [0.2, 0.25) is 0 Å². The topological polar surface area (TPSA) is 73.2 Å². The predicted octanol–water partition coefficient (Wildman–Crippen LogP) is 1.60. The van der Waals surface area contributed by atoms with E-state index in [4.69, 9.17) is 0 Å². The summed E-state index contributed by atoms with van der Waals surface area (Å²) < 4.78 is 0. The molecule has 1 fully saturated rings. The number of rotatable bonds is 5. The van der Waals surface area contributed by atoms with Gasteiger partial charge >= 0.3 is 5.97 Å². The van der Waals surface area contributed by atoms with Crippen molar-refractivity contribution < 1.29 is 14.7 Å². The average Bonchev–Trinajstić information content (AvgIpc) is 3.15. The highest BCUT2D eigenvalue weighted by atomic mass is 32.2. The lowest BCUT2D eigenvalue weighted by Gasteiger charge is -2.20. The van der Waals surface area contributed by atoms with E-state index >= 15 is 0 Å². The lowest BCUT2D eigenvalue weighted by atomic mass is 9.92. The van der Waals surface area contributed by atoms with Gasteiger partial charge in [0.25, 0.3) is 0 Å². The van der Waals surface area contributed by atoms with Gasteiger partial charge in [0.05, 0.1) is 18.9 Å². The summed E-state index contributed by atoms with van der Waals surface area (Å²) in [6.45, 7) is 4.61. The van der Waals surface area contributed by atoms with Crippen molar-refractivity contribution in [2.75, 3.05) is 26.2 Å². The number of carboxylic acids is 1. The van der Waals surface area contributed by atoms with Crippen molar-refractivity contribution in [1.29, 1.82) is 0 Å². The number of carbonyl (C=O) groups excluding carboxylic acids is 1. The first-order valence-corrected chi connectivity index (χ1v) is 8.66. The molecule has 2 atom stereocenters. The highest BCUT2D eigenvalue weighted by Crippen LogP contribution is 2.33. The Balaban J connectivity index is 1.61. The van der Waals surface area contributed by atoms with Crippen LogP contribution in [0, 0.1) is 11.8 Å². The van der Waals surface area contributed by atoms with Gasteiger partial charge in [0.1, 0.15) is 0 Å². The maximum Gasteiger partial charge on any atom is 0.308 e. The quantitative estimate of drug-likeness (QED) is 0.832. The summed E-state index contributed by atoms with van der Waals surface area (Å²) in [5.74, 6) is -1.08. The Morgan fingerprint density at radius 1 is 1.45 bits per heavy atom. The van der Waals surface area contributed by atoms with Crippen molar-refractivity contribution in [2.45, 2.75) is 26.2 Å². The Bertz CT molecular complexity index is 546. The number of nitrogens with zero attached hydrogens (tertiary/aromatic N) is 3. The second-order valence-corrected chi connectivity index (χ2v) is 6.85. The first-order chi connectivity index (χ1) is 10.6. The molecule has 3 aliphatic heterocycles. The first-order valence-electron chi connectivity index (χ1n) is 7.78. The molecule has 3 rings (SSSR count). The van der Waals surface area contributed by atoms with Crippen LogP contribution in [0.1, 0.15) is 26.2 Å². The van der Waals surface area contributed by atoms with Gasteiger partial charge in [0, 0.05) is 25.3 Å². The maximum atomic E-state index is 12.5. The number of aliphatic imine (C=N–C) groups is 1. The standard InChI is InChI=1S/C15H21N3O3S/c1-2-3-10-7-17(8-12(10)14(20)21)13(19)6-11-9-22-15-16-4-5-18(11)15/h9-10,12H,2-8H2,1H3,(H,20,21)/t10-,12-/m1/s1. The van der Waals surface area contributed by atoms with Crippen molar-refractivity contribution in [3.8, 4) is 0 Å². The number of thioether (sulfide) groups is 1. The number of carbonyl (C=O) groups is 2. The number of amidine groups is 1. The fourth-order valence-corrected chi connectivity index (χ4v) is 4.35. The van der Waals surface area contributed by atoms with E-state index in [1.54, 1.807) is 16.7 Å². The number of fused-ring (bicyclic) bond motifs is 1. The molecule has 6 nitrogen and oxygen atoms in total. The van der Waals surface area contributed by atoms with Crippen LogP contribution in [0.5, 0.6) is 0 Å². The molecule has 3 aliphatic rings. The summed E-state index contributed by atoms with van der Waals surface area (Å²) >= 11 is 1.57. The van der Waals surface area contributed by atoms with Crippen molar-refractivity contribution >= 4 is 28.8 Å². The predicted molar refractivity (Wildman–Crippen MR) is 85.4 cm³/mol. The van der Waals surface area contributed by atoms with Crippen LogP contribution in [-0.2, 0) is 9.59 Å². The Morgan fingerprint density at radius 2 is 2.27 bits per heavy atom. The van der Waals surface area contributed by atoms with Crippen molar-refractivity contribution in [2.24, 2.45) is 16.8 Å². The van der Waals surface area contributed by atoms with Gasteiger partial charge in [-0.25, -0.2) is 0 Å². The lowest BCUT2D eigenvalue weighted by molar-refractivity contribution is -0.142. The number of hydrogen-bond donors (Lipinski definition) is 1. The molecular weight excluding hydrogens is 302 g/mol. The van der Waals surface area contributed by atoms with Crippen LogP contribution in [-0.4, -0.2) is 58.1 Å². The summed E-state index contributed by atoms with van der Waals surface area (Å²) in [5, 5.41) is 12.3. The van der Waals surface area contributed by atoms with Crippen LogP contribution in [0.3, 0.4) is 0 Å². The fraction of sp³-hybridized carbons (Fsp3) is 0.667. The number of hydrogen-bond acceptors (Lipinski definition) is 5. The Hall–Kier alpha value is -1.50. The monoisotopic (exact) mass is 323 g/mol. The minimum Gasteiger partial charge on any atom is -0.481 e. The summed E-state index contributed by atoms with van der Waals surface area (Å²) in [6, 6.07) is 0. The Kier molecular flexibility index (Phi) is 4.42. The van der Waals surface area contributed by atoms with Crippen LogP contribution in [0.15, 0.2) is 16.1 Å². The average molecular weight is 323 g/mol. The van der Waals surface area contributed by atoms with Gasteiger partial charge in [0.2, 0.25) is 5.91 Å². The van der Waals surface area contributed by atoms with Gasteiger partial charge in [-0.3, -0.25) is 14.6 Å². The highest BCUT2D eigenvalue weighted by Gasteiger charge is 2.39.